The Morgan fingerprint density at radius 2 is 1.53 bits per heavy atom. The molecule has 0 aliphatic heterocycles. The fourth-order valence-electron chi connectivity index (χ4n) is 4.26. The van der Waals surface area contributed by atoms with Crippen molar-refractivity contribution in [2.45, 2.75) is 32.2 Å². The van der Waals surface area contributed by atoms with E-state index in [9.17, 15) is 4.79 Å². The van der Waals surface area contributed by atoms with Crippen LogP contribution in [-0.4, -0.2) is 42.8 Å². The van der Waals surface area contributed by atoms with E-state index in [0.29, 0.717) is 31.0 Å². The van der Waals surface area contributed by atoms with Gasteiger partial charge in [-0.2, -0.15) is 0 Å². The Kier molecular flexibility index (Phi) is 8.81. The number of ether oxygens (including phenoxy) is 3. The summed E-state index contributed by atoms with van der Waals surface area (Å²) < 4.78 is 18.9. The second-order valence-corrected chi connectivity index (χ2v) is 8.43. The SMILES string of the molecule is COc1ccccc1OCCn1c(CCCCCNC(=O)c2ccccc2OC)nc2ccccc21. The average Bonchev–Trinajstić information content (AvgIpc) is 3.28. The molecule has 0 saturated heterocycles. The van der Waals surface area contributed by atoms with Crippen molar-refractivity contribution >= 4 is 16.9 Å². The minimum Gasteiger partial charge on any atom is -0.496 e. The van der Waals surface area contributed by atoms with Gasteiger partial charge in [0.2, 0.25) is 0 Å². The molecule has 0 bridgehead atoms. The molecule has 0 aliphatic rings. The third-order valence-electron chi connectivity index (χ3n) is 6.09. The van der Waals surface area contributed by atoms with Gasteiger partial charge in [0.05, 0.1) is 37.4 Å². The second-order valence-electron chi connectivity index (χ2n) is 8.43. The van der Waals surface area contributed by atoms with E-state index in [2.05, 4.69) is 16.0 Å². The van der Waals surface area contributed by atoms with Gasteiger partial charge in [-0.15, -0.1) is 0 Å². The maximum absolute atomic E-state index is 12.4. The third kappa shape index (κ3) is 6.16. The number of imidazole rings is 1. The highest BCUT2D eigenvalue weighted by Gasteiger charge is 2.12. The van der Waals surface area contributed by atoms with Gasteiger partial charge in [0.25, 0.3) is 5.91 Å². The molecular weight excluding hydrogens is 454 g/mol. The number of aromatic nitrogens is 2. The number of para-hydroxylation sites is 5. The van der Waals surface area contributed by atoms with Crippen molar-refractivity contribution in [3.8, 4) is 17.2 Å². The molecule has 3 aromatic carbocycles. The van der Waals surface area contributed by atoms with Gasteiger partial charge in [0, 0.05) is 13.0 Å². The van der Waals surface area contributed by atoms with Gasteiger partial charge in [-0.25, -0.2) is 4.98 Å². The van der Waals surface area contributed by atoms with Crippen molar-refractivity contribution in [1.29, 1.82) is 0 Å². The van der Waals surface area contributed by atoms with Crippen molar-refractivity contribution in [2.75, 3.05) is 27.4 Å². The van der Waals surface area contributed by atoms with Crippen molar-refractivity contribution in [1.82, 2.24) is 14.9 Å². The molecule has 7 heteroatoms. The predicted molar refractivity (Wildman–Crippen MR) is 141 cm³/mol. The van der Waals surface area contributed by atoms with Crippen LogP contribution >= 0.6 is 0 Å². The Balaban J connectivity index is 1.28. The first-order valence-electron chi connectivity index (χ1n) is 12.3. The molecule has 7 nitrogen and oxygen atoms in total. The van der Waals surface area contributed by atoms with Gasteiger partial charge >= 0.3 is 0 Å². The molecule has 0 atom stereocenters. The molecule has 4 aromatic rings. The van der Waals surface area contributed by atoms with E-state index in [1.54, 1.807) is 26.4 Å². The van der Waals surface area contributed by atoms with E-state index >= 15 is 0 Å². The molecule has 36 heavy (non-hydrogen) atoms. The molecule has 1 N–H and O–H groups in total. The van der Waals surface area contributed by atoms with Gasteiger partial charge in [0.1, 0.15) is 18.2 Å². The zero-order valence-electron chi connectivity index (χ0n) is 20.9. The molecule has 0 unspecified atom stereocenters. The number of methoxy groups -OCH3 is 2. The molecule has 1 amide bonds. The summed E-state index contributed by atoms with van der Waals surface area (Å²) in [6.07, 6.45) is 3.75. The van der Waals surface area contributed by atoms with Gasteiger partial charge < -0.3 is 24.1 Å². The first-order chi connectivity index (χ1) is 17.7. The lowest BCUT2D eigenvalue weighted by Crippen LogP contribution is -2.24. The number of carbonyl (C=O) groups excluding carboxylic acids is 1. The summed E-state index contributed by atoms with van der Waals surface area (Å²) in [4.78, 5) is 17.3. The molecule has 0 spiro atoms. The Labute approximate surface area is 212 Å². The largest absolute Gasteiger partial charge is 0.496 e. The highest BCUT2D eigenvalue weighted by atomic mass is 16.5. The van der Waals surface area contributed by atoms with E-state index in [1.807, 2.05) is 54.6 Å². The Morgan fingerprint density at radius 1 is 0.833 bits per heavy atom. The van der Waals surface area contributed by atoms with E-state index in [4.69, 9.17) is 19.2 Å². The van der Waals surface area contributed by atoms with Crippen LogP contribution in [0.2, 0.25) is 0 Å². The molecule has 0 radical (unpaired) electrons. The molecule has 188 valence electrons. The van der Waals surface area contributed by atoms with Crippen LogP contribution in [0.5, 0.6) is 17.2 Å². The van der Waals surface area contributed by atoms with Crippen LogP contribution in [-0.2, 0) is 13.0 Å². The molecule has 1 heterocycles. The van der Waals surface area contributed by atoms with Crippen LogP contribution in [0.3, 0.4) is 0 Å². The molecule has 4 rings (SSSR count). The number of carbonyl (C=O) groups is 1. The number of aryl methyl sites for hydroxylation is 1. The summed E-state index contributed by atoms with van der Waals surface area (Å²) in [6, 6.07) is 23.1. The molecule has 0 aliphatic carbocycles. The van der Waals surface area contributed by atoms with Crippen molar-refractivity contribution in [3.63, 3.8) is 0 Å². The molecule has 1 aromatic heterocycles. The number of nitrogens with zero attached hydrogens (tertiary/aromatic N) is 2. The maximum Gasteiger partial charge on any atom is 0.255 e. The lowest BCUT2D eigenvalue weighted by Gasteiger charge is -2.13. The number of amides is 1. The van der Waals surface area contributed by atoms with Gasteiger partial charge in [-0.05, 0) is 49.2 Å². The first kappa shape index (κ1) is 25.1. The zero-order valence-corrected chi connectivity index (χ0v) is 20.9. The smallest absolute Gasteiger partial charge is 0.255 e. The summed E-state index contributed by atoms with van der Waals surface area (Å²) in [6.45, 7) is 1.84. The normalized spacial score (nSPS) is 10.8. The third-order valence-corrected chi connectivity index (χ3v) is 6.09. The number of benzene rings is 3. The molecular formula is C29H33N3O4. The number of nitrogens with one attached hydrogen (secondary N) is 1. The minimum absolute atomic E-state index is 0.107. The fourth-order valence-corrected chi connectivity index (χ4v) is 4.26. The summed E-state index contributed by atoms with van der Waals surface area (Å²) >= 11 is 0. The Morgan fingerprint density at radius 3 is 2.33 bits per heavy atom. The van der Waals surface area contributed by atoms with Gasteiger partial charge in [-0.3, -0.25) is 4.79 Å². The summed E-state index contributed by atoms with van der Waals surface area (Å²) in [5.74, 6) is 3.00. The number of rotatable bonds is 13. The van der Waals surface area contributed by atoms with Crippen LogP contribution in [0.1, 0.15) is 35.4 Å². The number of hydrogen-bond donors (Lipinski definition) is 1. The van der Waals surface area contributed by atoms with E-state index in [-0.39, 0.29) is 5.91 Å². The summed E-state index contributed by atoms with van der Waals surface area (Å²) in [7, 11) is 3.22. The standard InChI is InChI=1S/C29H33N3O4/c1-34-25-15-8-5-12-22(25)29(33)30-19-11-3-4-18-28-31-23-13-6-7-14-24(23)32(28)20-21-36-27-17-10-9-16-26(27)35-2/h5-10,12-17H,3-4,11,18-21H2,1-2H3,(H,30,33). The highest BCUT2D eigenvalue weighted by molar-refractivity contribution is 5.96. The zero-order chi connectivity index (χ0) is 25.2. The van der Waals surface area contributed by atoms with E-state index in [1.165, 1.54) is 0 Å². The predicted octanol–water partition coefficient (Wildman–Crippen LogP) is 5.28. The van der Waals surface area contributed by atoms with E-state index in [0.717, 1.165) is 54.0 Å². The van der Waals surface area contributed by atoms with Crippen LogP contribution in [0, 0.1) is 0 Å². The summed E-state index contributed by atoms with van der Waals surface area (Å²) in [5, 5.41) is 2.99. The monoisotopic (exact) mass is 487 g/mol. The topological polar surface area (TPSA) is 74.6 Å². The van der Waals surface area contributed by atoms with Crippen molar-refractivity contribution < 1.29 is 19.0 Å². The number of hydrogen-bond acceptors (Lipinski definition) is 5. The number of unbranched alkanes of at least 4 members (excludes halogenated alkanes) is 2. The Hall–Kier alpha value is -4.00. The van der Waals surface area contributed by atoms with E-state index < -0.39 is 0 Å². The second kappa shape index (κ2) is 12.6. The van der Waals surface area contributed by atoms with Crippen LogP contribution < -0.4 is 19.5 Å². The maximum atomic E-state index is 12.4. The van der Waals surface area contributed by atoms with Crippen LogP contribution in [0.15, 0.2) is 72.8 Å². The first-order valence-corrected chi connectivity index (χ1v) is 12.3. The van der Waals surface area contributed by atoms with Crippen LogP contribution in [0.4, 0.5) is 0 Å². The molecule has 0 fully saturated rings. The fraction of sp³-hybridized carbons (Fsp3) is 0.310. The average molecular weight is 488 g/mol. The lowest BCUT2D eigenvalue weighted by molar-refractivity contribution is 0.0950. The van der Waals surface area contributed by atoms with Crippen LogP contribution in [0.25, 0.3) is 11.0 Å². The van der Waals surface area contributed by atoms with Gasteiger partial charge in [-0.1, -0.05) is 42.8 Å². The lowest BCUT2D eigenvalue weighted by atomic mass is 10.1. The number of fused-ring (bicyclic) bond motifs is 1. The van der Waals surface area contributed by atoms with Gasteiger partial charge in [0.15, 0.2) is 11.5 Å². The minimum atomic E-state index is -0.107. The van der Waals surface area contributed by atoms with Crippen molar-refractivity contribution in [2.24, 2.45) is 0 Å². The quantitative estimate of drug-likeness (QED) is 0.260. The van der Waals surface area contributed by atoms with Crippen molar-refractivity contribution in [3.05, 3.63) is 84.2 Å². The Bertz CT molecular complexity index is 1280. The molecule has 0 saturated carbocycles. The summed E-state index contributed by atoms with van der Waals surface area (Å²) in [5.41, 5.74) is 2.66. The highest BCUT2D eigenvalue weighted by Crippen LogP contribution is 2.26.